The first-order chi connectivity index (χ1) is 9.47. The largest absolute Gasteiger partial charge is 0.348 e. The molecule has 6 nitrogen and oxygen atoms in total. The zero-order valence-electron chi connectivity index (χ0n) is 11.8. The number of aromatic nitrogens is 3. The molecule has 106 valence electrons. The fraction of sp³-hybridized carbons (Fsp3) is 0.357. The summed E-state index contributed by atoms with van der Waals surface area (Å²) >= 11 is 0. The number of nitrogens with one attached hydrogen (secondary N) is 2. The van der Waals surface area contributed by atoms with Gasteiger partial charge in [-0.1, -0.05) is 0 Å². The Morgan fingerprint density at radius 2 is 2.25 bits per heavy atom. The summed E-state index contributed by atoms with van der Waals surface area (Å²) in [5.74, 6) is -1.12. The summed E-state index contributed by atoms with van der Waals surface area (Å²) in [5.41, 5.74) is 2.21. The molecule has 0 saturated heterocycles. The minimum absolute atomic E-state index is 0.158. The number of hydrogen-bond donors (Lipinski definition) is 2. The first-order valence-electron chi connectivity index (χ1n) is 6.45. The quantitative estimate of drug-likeness (QED) is 0.630. The molecule has 0 spiro atoms. The van der Waals surface area contributed by atoms with Crippen LogP contribution in [0.3, 0.4) is 0 Å². The standard InChI is InChI=1S/C14H18N4O2/c1-9(7-11-8-10(2)16-17-11)15-14(20)13(19)12-5-4-6-18(12)3/h4-6,8-9H,7H2,1-3H3,(H,15,20)(H,16,17). The fourth-order valence-corrected chi connectivity index (χ4v) is 2.05. The van der Waals surface area contributed by atoms with Crippen LogP contribution >= 0.6 is 0 Å². The van der Waals surface area contributed by atoms with E-state index in [0.29, 0.717) is 12.1 Å². The smallest absolute Gasteiger partial charge is 0.294 e. The number of H-pyrrole nitrogens is 1. The summed E-state index contributed by atoms with van der Waals surface area (Å²) in [6.07, 6.45) is 2.31. The van der Waals surface area contributed by atoms with Crippen molar-refractivity contribution < 1.29 is 9.59 Å². The number of aryl methyl sites for hydroxylation is 2. The number of aromatic amines is 1. The molecule has 0 saturated carbocycles. The molecule has 0 bridgehead atoms. The number of amides is 1. The molecule has 2 aromatic rings. The van der Waals surface area contributed by atoms with Crippen LogP contribution in [-0.4, -0.2) is 32.5 Å². The first-order valence-corrected chi connectivity index (χ1v) is 6.45. The molecule has 2 heterocycles. The molecule has 0 aliphatic carbocycles. The van der Waals surface area contributed by atoms with Crippen molar-refractivity contribution in [1.82, 2.24) is 20.1 Å². The van der Waals surface area contributed by atoms with Gasteiger partial charge in [0.05, 0.1) is 11.4 Å². The summed E-state index contributed by atoms with van der Waals surface area (Å²) < 4.78 is 1.63. The lowest BCUT2D eigenvalue weighted by Crippen LogP contribution is -2.39. The Labute approximate surface area is 117 Å². The molecule has 20 heavy (non-hydrogen) atoms. The molecule has 2 rings (SSSR count). The van der Waals surface area contributed by atoms with Gasteiger partial charge in [-0.2, -0.15) is 5.10 Å². The zero-order valence-corrected chi connectivity index (χ0v) is 11.8. The van der Waals surface area contributed by atoms with Crippen LogP contribution in [0, 0.1) is 6.92 Å². The van der Waals surface area contributed by atoms with Crippen molar-refractivity contribution in [1.29, 1.82) is 0 Å². The third kappa shape index (κ3) is 3.14. The van der Waals surface area contributed by atoms with E-state index >= 15 is 0 Å². The lowest BCUT2D eigenvalue weighted by Gasteiger charge is -2.12. The maximum absolute atomic E-state index is 12.0. The first kappa shape index (κ1) is 14.0. The maximum atomic E-state index is 12.0. The Bertz CT molecular complexity index is 627. The predicted octanol–water partition coefficient (Wildman–Crippen LogP) is 0.987. The van der Waals surface area contributed by atoms with Gasteiger partial charge in [0, 0.05) is 31.4 Å². The second kappa shape index (κ2) is 5.73. The number of carbonyl (C=O) groups excluding carboxylic acids is 2. The van der Waals surface area contributed by atoms with Crippen molar-refractivity contribution in [3.8, 4) is 0 Å². The van der Waals surface area contributed by atoms with Gasteiger partial charge in [0.1, 0.15) is 0 Å². The van der Waals surface area contributed by atoms with Crippen molar-refractivity contribution in [2.75, 3.05) is 0 Å². The van der Waals surface area contributed by atoms with Crippen molar-refractivity contribution in [2.45, 2.75) is 26.3 Å². The van der Waals surface area contributed by atoms with Gasteiger partial charge in [0.25, 0.3) is 11.7 Å². The molecule has 2 aromatic heterocycles. The van der Waals surface area contributed by atoms with Crippen LogP contribution in [0.1, 0.15) is 28.8 Å². The Balaban J connectivity index is 1.94. The van der Waals surface area contributed by atoms with Gasteiger partial charge in [-0.3, -0.25) is 14.7 Å². The van der Waals surface area contributed by atoms with E-state index in [2.05, 4.69) is 15.5 Å². The number of Topliss-reactive ketones (excluding diaryl/α,β-unsaturated/α-hetero) is 1. The highest BCUT2D eigenvalue weighted by Gasteiger charge is 2.20. The highest BCUT2D eigenvalue weighted by atomic mass is 16.2. The SMILES string of the molecule is Cc1cc(CC(C)NC(=O)C(=O)c2cccn2C)n[nH]1. The second-order valence-electron chi connectivity index (χ2n) is 4.95. The summed E-state index contributed by atoms with van der Waals surface area (Å²) in [5, 5.41) is 9.65. The van der Waals surface area contributed by atoms with E-state index in [0.717, 1.165) is 11.4 Å². The Morgan fingerprint density at radius 3 is 2.80 bits per heavy atom. The van der Waals surface area contributed by atoms with E-state index in [1.807, 2.05) is 19.9 Å². The molecule has 0 aliphatic heterocycles. The van der Waals surface area contributed by atoms with E-state index < -0.39 is 11.7 Å². The summed E-state index contributed by atoms with van der Waals surface area (Å²) in [6, 6.07) is 5.12. The summed E-state index contributed by atoms with van der Waals surface area (Å²) in [7, 11) is 1.73. The van der Waals surface area contributed by atoms with E-state index in [4.69, 9.17) is 0 Å². The lowest BCUT2D eigenvalue weighted by atomic mass is 10.1. The molecule has 6 heteroatoms. The van der Waals surface area contributed by atoms with Gasteiger partial charge < -0.3 is 9.88 Å². The Hall–Kier alpha value is -2.37. The van der Waals surface area contributed by atoms with Gasteiger partial charge in [0.15, 0.2) is 0 Å². The van der Waals surface area contributed by atoms with Crippen LogP contribution in [0.15, 0.2) is 24.4 Å². The van der Waals surface area contributed by atoms with Gasteiger partial charge in [-0.15, -0.1) is 0 Å². The molecule has 0 aliphatic rings. The average molecular weight is 274 g/mol. The minimum Gasteiger partial charge on any atom is -0.348 e. The Morgan fingerprint density at radius 1 is 1.50 bits per heavy atom. The molecule has 0 aromatic carbocycles. The number of hydrogen-bond acceptors (Lipinski definition) is 3. The monoisotopic (exact) mass is 274 g/mol. The topological polar surface area (TPSA) is 79.8 Å². The summed E-state index contributed by atoms with van der Waals surface area (Å²) in [6.45, 7) is 3.76. The predicted molar refractivity (Wildman–Crippen MR) is 74.4 cm³/mol. The third-order valence-electron chi connectivity index (χ3n) is 3.03. The lowest BCUT2D eigenvalue weighted by molar-refractivity contribution is -0.117. The van der Waals surface area contributed by atoms with Gasteiger partial charge in [-0.25, -0.2) is 0 Å². The second-order valence-corrected chi connectivity index (χ2v) is 4.95. The van der Waals surface area contributed by atoms with Gasteiger partial charge >= 0.3 is 0 Å². The van der Waals surface area contributed by atoms with E-state index in [-0.39, 0.29) is 6.04 Å². The number of rotatable bonds is 5. The zero-order chi connectivity index (χ0) is 14.7. The van der Waals surface area contributed by atoms with Gasteiger partial charge in [0.2, 0.25) is 0 Å². The van der Waals surface area contributed by atoms with E-state index in [1.54, 1.807) is 29.9 Å². The number of nitrogens with zero attached hydrogens (tertiary/aromatic N) is 2. The molecular formula is C14H18N4O2. The molecule has 1 atom stereocenters. The van der Waals surface area contributed by atoms with Crippen molar-refractivity contribution >= 4 is 11.7 Å². The van der Waals surface area contributed by atoms with E-state index in [9.17, 15) is 9.59 Å². The van der Waals surface area contributed by atoms with Crippen molar-refractivity contribution in [3.63, 3.8) is 0 Å². The minimum atomic E-state index is -0.591. The van der Waals surface area contributed by atoms with Crippen LogP contribution in [0.4, 0.5) is 0 Å². The third-order valence-corrected chi connectivity index (χ3v) is 3.03. The molecule has 1 amide bonds. The summed E-state index contributed by atoms with van der Waals surface area (Å²) in [4.78, 5) is 23.9. The number of carbonyl (C=O) groups is 2. The number of ketones is 1. The van der Waals surface area contributed by atoms with Crippen LogP contribution in [-0.2, 0) is 18.3 Å². The van der Waals surface area contributed by atoms with Crippen LogP contribution < -0.4 is 5.32 Å². The molecular weight excluding hydrogens is 256 g/mol. The van der Waals surface area contributed by atoms with E-state index in [1.165, 1.54) is 0 Å². The van der Waals surface area contributed by atoms with Crippen LogP contribution in [0.5, 0.6) is 0 Å². The highest BCUT2D eigenvalue weighted by molar-refractivity contribution is 6.42. The Kier molecular flexibility index (Phi) is 4.02. The van der Waals surface area contributed by atoms with Gasteiger partial charge in [-0.05, 0) is 32.0 Å². The maximum Gasteiger partial charge on any atom is 0.294 e. The molecule has 0 radical (unpaired) electrons. The van der Waals surface area contributed by atoms with Crippen LogP contribution in [0.2, 0.25) is 0 Å². The van der Waals surface area contributed by atoms with Crippen molar-refractivity contribution in [2.24, 2.45) is 7.05 Å². The molecule has 2 N–H and O–H groups in total. The van der Waals surface area contributed by atoms with Crippen LogP contribution in [0.25, 0.3) is 0 Å². The average Bonchev–Trinajstić information content (AvgIpc) is 2.97. The molecule has 0 fully saturated rings. The molecule has 1 unspecified atom stereocenters. The van der Waals surface area contributed by atoms with Crippen molar-refractivity contribution in [3.05, 3.63) is 41.5 Å². The normalized spacial score (nSPS) is 12.2. The fourth-order valence-electron chi connectivity index (χ4n) is 2.05. The highest BCUT2D eigenvalue weighted by Crippen LogP contribution is 2.04.